The van der Waals surface area contributed by atoms with Gasteiger partial charge in [-0.2, -0.15) is 0 Å². The summed E-state index contributed by atoms with van der Waals surface area (Å²) in [5.74, 6) is 0. The monoisotopic (exact) mass is 292 g/mol. The summed E-state index contributed by atoms with van der Waals surface area (Å²) in [6.45, 7) is 1.59. The highest BCUT2D eigenvalue weighted by Gasteiger charge is 2.11. The number of hydrogen-bond acceptors (Lipinski definition) is 4. The van der Waals surface area contributed by atoms with Crippen LogP contribution in [-0.4, -0.2) is 11.5 Å². The number of rotatable bonds is 5. The van der Waals surface area contributed by atoms with Gasteiger partial charge in [0.25, 0.3) is 0 Å². The molecule has 0 amide bonds. The Balaban J connectivity index is 1.63. The standard InChI is InChI=1S/C14H13ClN2OS/c15-14-11(10-3-1-2-4-12(10)18-14)9-16-6-5-13-17-7-8-19-13/h1-4,7-8,16H,5-6,9H2. The van der Waals surface area contributed by atoms with Crippen LogP contribution in [0.1, 0.15) is 10.6 Å². The molecule has 0 fully saturated rings. The molecule has 98 valence electrons. The minimum Gasteiger partial charge on any atom is -0.444 e. The Morgan fingerprint density at radius 1 is 1.32 bits per heavy atom. The van der Waals surface area contributed by atoms with Gasteiger partial charge in [-0.15, -0.1) is 11.3 Å². The molecule has 5 heteroatoms. The molecule has 2 heterocycles. The highest BCUT2D eigenvalue weighted by atomic mass is 35.5. The van der Waals surface area contributed by atoms with Gasteiger partial charge in [-0.3, -0.25) is 0 Å². The van der Waals surface area contributed by atoms with E-state index in [1.807, 2.05) is 35.8 Å². The zero-order chi connectivity index (χ0) is 13.1. The van der Waals surface area contributed by atoms with Crippen LogP contribution in [0.2, 0.25) is 5.22 Å². The average molecular weight is 293 g/mol. The van der Waals surface area contributed by atoms with E-state index < -0.39 is 0 Å². The molecule has 3 aromatic rings. The second-order valence-electron chi connectivity index (χ2n) is 4.20. The number of furan rings is 1. The lowest BCUT2D eigenvalue weighted by Crippen LogP contribution is -2.16. The van der Waals surface area contributed by atoms with Crippen LogP contribution in [-0.2, 0) is 13.0 Å². The Hall–Kier alpha value is -1.36. The van der Waals surface area contributed by atoms with Gasteiger partial charge in [0.1, 0.15) is 5.58 Å². The van der Waals surface area contributed by atoms with Crippen molar-refractivity contribution < 1.29 is 4.42 Å². The Labute approximate surface area is 120 Å². The summed E-state index contributed by atoms with van der Waals surface area (Å²) in [6.07, 6.45) is 2.77. The molecule has 2 aromatic heterocycles. The van der Waals surface area contributed by atoms with E-state index >= 15 is 0 Å². The number of para-hydroxylation sites is 1. The Kier molecular flexibility index (Phi) is 3.82. The molecule has 3 nitrogen and oxygen atoms in total. The maximum atomic E-state index is 6.13. The second-order valence-corrected chi connectivity index (χ2v) is 5.53. The summed E-state index contributed by atoms with van der Waals surface area (Å²) in [7, 11) is 0. The molecule has 0 saturated carbocycles. The Bertz CT molecular complexity index is 663. The first kappa shape index (κ1) is 12.7. The van der Waals surface area contributed by atoms with E-state index in [1.165, 1.54) is 0 Å². The number of thiazole rings is 1. The lowest BCUT2D eigenvalue weighted by atomic mass is 10.2. The van der Waals surface area contributed by atoms with Gasteiger partial charge in [0.2, 0.25) is 0 Å². The first-order chi connectivity index (χ1) is 9.34. The van der Waals surface area contributed by atoms with Crippen molar-refractivity contribution in [3.63, 3.8) is 0 Å². The summed E-state index contributed by atoms with van der Waals surface area (Å²) in [5.41, 5.74) is 1.86. The van der Waals surface area contributed by atoms with Crippen LogP contribution in [0.25, 0.3) is 11.0 Å². The maximum Gasteiger partial charge on any atom is 0.199 e. The summed E-state index contributed by atoms with van der Waals surface area (Å²) in [4.78, 5) is 4.25. The molecule has 0 aliphatic heterocycles. The molecule has 19 heavy (non-hydrogen) atoms. The van der Waals surface area contributed by atoms with Crippen molar-refractivity contribution in [3.05, 3.63) is 51.6 Å². The third kappa shape index (κ3) is 2.81. The lowest BCUT2D eigenvalue weighted by Gasteiger charge is -2.02. The Morgan fingerprint density at radius 3 is 3.05 bits per heavy atom. The minimum atomic E-state index is 0.475. The molecule has 1 aromatic carbocycles. The SMILES string of the molecule is Clc1oc2ccccc2c1CNCCc1nccs1. The topological polar surface area (TPSA) is 38.1 Å². The summed E-state index contributed by atoms with van der Waals surface area (Å²) >= 11 is 7.81. The first-order valence-electron chi connectivity index (χ1n) is 6.09. The number of benzene rings is 1. The normalized spacial score (nSPS) is 11.2. The van der Waals surface area contributed by atoms with Crippen LogP contribution in [0.3, 0.4) is 0 Å². The average Bonchev–Trinajstić information content (AvgIpc) is 3.02. The van der Waals surface area contributed by atoms with Gasteiger partial charge in [0.05, 0.1) is 5.01 Å². The summed E-state index contributed by atoms with van der Waals surface area (Å²) in [6, 6.07) is 7.90. The van der Waals surface area contributed by atoms with Gasteiger partial charge in [-0.05, 0) is 17.7 Å². The van der Waals surface area contributed by atoms with Crippen LogP contribution >= 0.6 is 22.9 Å². The summed E-state index contributed by atoms with van der Waals surface area (Å²) < 4.78 is 5.52. The van der Waals surface area contributed by atoms with Crippen molar-refractivity contribution in [3.8, 4) is 0 Å². The highest BCUT2D eigenvalue weighted by molar-refractivity contribution is 7.09. The number of hydrogen-bond donors (Lipinski definition) is 1. The predicted molar refractivity (Wildman–Crippen MR) is 78.7 cm³/mol. The van der Waals surface area contributed by atoms with Gasteiger partial charge in [0.15, 0.2) is 5.22 Å². The van der Waals surface area contributed by atoms with Crippen LogP contribution < -0.4 is 5.32 Å². The van der Waals surface area contributed by atoms with Gasteiger partial charge in [-0.1, -0.05) is 18.2 Å². The van der Waals surface area contributed by atoms with Gasteiger partial charge >= 0.3 is 0 Å². The molecule has 1 N–H and O–H groups in total. The van der Waals surface area contributed by atoms with E-state index in [9.17, 15) is 0 Å². The number of aromatic nitrogens is 1. The predicted octanol–water partition coefficient (Wildman–Crippen LogP) is 3.88. The van der Waals surface area contributed by atoms with Gasteiger partial charge in [-0.25, -0.2) is 4.98 Å². The van der Waals surface area contributed by atoms with E-state index in [0.29, 0.717) is 11.8 Å². The van der Waals surface area contributed by atoms with Crippen molar-refractivity contribution in [1.82, 2.24) is 10.3 Å². The van der Waals surface area contributed by atoms with Crippen molar-refractivity contribution in [2.75, 3.05) is 6.54 Å². The molecule has 0 atom stereocenters. The van der Waals surface area contributed by atoms with E-state index in [-0.39, 0.29) is 0 Å². The number of nitrogens with zero attached hydrogens (tertiary/aromatic N) is 1. The van der Waals surface area contributed by atoms with Gasteiger partial charge < -0.3 is 9.73 Å². The van der Waals surface area contributed by atoms with Crippen LogP contribution in [0.15, 0.2) is 40.3 Å². The molecule has 3 rings (SSSR count). The van der Waals surface area contributed by atoms with Crippen LogP contribution in [0.5, 0.6) is 0 Å². The molecular weight excluding hydrogens is 280 g/mol. The van der Waals surface area contributed by atoms with Crippen molar-refractivity contribution in [1.29, 1.82) is 0 Å². The quantitative estimate of drug-likeness (QED) is 0.725. The third-order valence-corrected chi connectivity index (χ3v) is 4.09. The van der Waals surface area contributed by atoms with E-state index in [1.54, 1.807) is 11.3 Å². The zero-order valence-corrected chi connectivity index (χ0v) is 11.8. The van der Waals surface area contributed by atoms with Crippen LogP contribution in [0.4, 0.5) is 0 Å². The molecule has 0 spiro atoms. The molecule has 0 unspecified atom stereocenters. The van der Waals surface area contributed by atoms with Gasteiger partial charge in [0, 0.05) is 42.0 Å². The molecule has 0 radical (unpaired) electrons. The fraction of sp³-hybridized carbons (Fsp3) is 0.214. The molecular formula is C14H13ClN2OS. The lowest BCUT2D eigenvalue weighted by molar-refractivity contribution is 0.604. The smallest absolute Gasteiger partial charge is 0.199 e. The molecule has 0 aliphatic carbocycles. The van der Waals surface area contributed by atoms with Crippen LogP contribution in [0, 0.1) is 0 Å². The summed E-state index contributed by atoms with van der Waals surface area (Å²) in [5, 5.41) is 8.08. The third-order valence-electron chi connectivity index (χ3n) is 2.95. The van der Waals surface area contributed by atoms with E-state index in [4.69, 9.17) is 16.0 Å². The zero-order valence-electron chi connectivity index (χ0n) is 10.2. The number of halogens is 1. The molecule has 0 bridgehead atoms. The number of nitrogens with one attached hydrogen (secondary N) is 1. The fourth-order valence-electron chi connectivity index (χ4n) is 2.02. The Morgan fingerprint density at radius 2 is 2.21 bits per heavy atom. The maximum absolute atomic E-state index is 6.13. The van der Waals surface area contributed by atoms with Crippen molar-refractivity contribution in [2.45, 2.75) is 13.0 Å². The number of fused-ring (bicyclic) bond motifs is 1. The minimum absolute atomic E-state index is 0.475. The van der Waals surface area contributed by atoms with Crippen molar-refractivity contribution in [2.24, 2.45) is 0 Å². The second kappa shape index (κ2) is 5.74. The largest absolute Gasteiger partial charge is 0.444 e. The molecule has 0 saturated heterocycles. The molecule has 0 aliphatic rings. The van der Waals surface area contributed by atoms with E-state index in [2.05, 4.69) is 10.3 Å². The fourth-order valence-corrected chi connectivity index (χ4v) is 2.89. The van der Waals surface area contributed by atoms with E-state index in [0.717, 1.165) is 34.5 Å². The first-order valence-corrected chi connectivity index (χ1v) is 7.35. The van der Waals surface area contributed by atoms with Crippen molar-refractivity contribution >= 4 is 33.9 Å². The highest BCUT2D eigenvalue weighted by Crippen LogP contribution is 2.29.